The summed E-state index contributed by atoms with van der Waals surface area (Å²) < 4.78 is 43.9. The van der Waals surface area contributed by atoms with E-state index in [0.717, 1.165) is 6.92 Å². The molecule has 3 heterocycles. The van der Waals surface area contributed by atoms with Crippen molar-refractivity contribution >= 4 is 11.7 Å². The fourth-order valence-corrected chi connectivity index (χ4v) is 3.68. The predicted octanol–water partition coefficient (Wildman–Crippen LogP) is 3.45. The Hall–Kier alpha value is -2.53. The molecule has 178 valence electrons. The number of rotatable bonds is 6. The summed E-state index contributed by atoms with van der Waals surface area (Å²) in [7, 11) is 1.33. The molecule has 9 nitrogen and oxygen atoms in total. The van der Waals surface area contributed by atoms with E-state index in [4.69, 9.17) is 14.2 Å². The number of nitrogens with zero attached hydrogens (tertiary/aromatic N) is 3. The maximum Gasteiger partial charge on any atom is 0.410 e. The van der Waals surface area contributed by atoms with Crippen molar-refractivity contribution in [3.05, 3.63) is 33.9 Å². The SMILES string of the molecule is COC(OCC(C)(F)F)c1cnn2c(C3CCN(C(=O)OC(C)(C)C)CC3)cc(=O)[nH]c12. The van der Waals surface area contributed by atoms with Crippen LogP contribution in [0.15, 0.2) is 17.1 Å². The summed E-state index contributed by atoms with van der Waals surface area (Å²) in [5, 5.41) is 4.34. The van der Waals surface area contributed by atoms with Gasteiger partial charge in [0.05, 0.1) is 17.5 Å². The largest absolute Gasteiger partial charge is 0.444 e. The van der Waals surface area contributed by atoms with Crippen LogP contribution in [0.3, 0.4) is 0 Å². The average molecular weight is 456 g/mol. The minimum Gasteiger partial charge on any atom is -0.444 e. The Morgan fingerprint density at radius 3 is 2.50 bits per heavy atom. The lowest BCUT2D eigenvalue weighted by Crippen LogP contribution is -2.41. The summed E-state index contributed by atoms with van der Waals surface area (Å²) in [5.41, 5.74) is 0.434. The Morgan fingerprint density at radius 2 is 1.94 bits per heavy atom. The van der Waals surface area contributed by atoms with Gasteiger partial charge in [-0.25, -0.2) is 18.1 Å². The van der Waals surface area contributed by atoms with Crippen LogP contribution in [-0.4, -0.2) is 63.9 Å². The molecule has 1 amide bonds. The average Bonchev–Trinajstić information content (AvgIpc) is 3.09. The predicted molar refractivity (Wildman–Crippen MR) is 112 cm³/mol. The Labute approximate surface area is 184 Å². The number of hydrogen-bond acceptors (Lipinski definition) is 6. The number of fused-ring (bicyclic) bond motifs is 1. The van der Waals surface area contributed by atoms with Crippen LogP contribution < -0.4 is 5.56 Å². The molecule has 2 aromatic rings. The van der Waals surface area contributed by atoms with Gasteiger partial charge in [0, 0.05) is 39.1 Å². The maximum atomic E-state index is 13.2. The lowest BCUT2D eigenvalue weighted by Gasteiger charge is -2.33. The van der Waals surface area contributed by atoms with E-state index in [1.54, 1.807) is 9.42 Å². The van der Waals surface area contributed by atoms with Crippen molar-refractivity contribution in [2.75, 3.05) is 26.8 Å². The monoisotopic (exact) mass is 456 g/mol. The number of carbonyl (C=O) groups excluding carboxylic acids is 1. The Balaban J connectivity index is 1.80. The highest BCUT2D eigenvalue weighted by molar-refractivity contribution is 5.68. The molecule has 1 aliphatic rings. The van der Waals surface area contributed by atoms with Gasteiger partial charge in [-0.2, -0.15) is 5.10 Å². The smallest absolute Gasteiger partial charge is 0.410 e. The number of amides is 1. The molecule has 0 aromatic carbocycles. The molecular weight excluding hydrogens is 426 g/mol. The van der Waals surface area contributed by atoms with E-state index in [9.17, 15) is 18.4 Å². The third-order valence-electron chi connectivity index (χ3n) is 5.08. The number of nitrogens with one attached hydrogen (secondary N) is 1. The highest BCUT2D eigenvalue weighted by atomic mass is 19.3. The van der Waals surface area contributed by atoms with E-state index in [-0.39, 0.29) is 17.6 Å². The number of likely N-dealkylation sites (tertiary alicyclic amines) is 1. The molecule has 32 heavy (non-hydrogen) atoms. The molecule has 0 radical (unpaired) electrons. The van der Waals surface area contributed by atoms with Crippen LogP contribution in [-0.2, 0) is 14.2 Å². The first-order valence-corrected chi connectivity index (χ1v) is 10.5. The van der Waals surface area contributed by atoms with E-state index in [0.29, 0.717) is 42.8 Å². The topological polar surface area (TPSA) is 98.2 Å². The molecule has 0 spiro atoms. The van der Waals surface area contributed by atoms with Gasteiger partial charge in [-0.05, 0) is 33.6 Å². The van der Waals surface area contributed by atoms with Gasteiger partial charge in [0.1, 0.15) is 17.9 Å². The molecule has 1 N–H and O–H groups in total. The molecule has 1 unspecified atom stereocenters. The van der Waals surface area contributed by atoms with Crippen LogP contribution in [0.1, 0.15) is 64.0 Å². The second kappa shape index (κ2) is 9.14. The number of halogens is 2. The van der Waals surface area contributed by atoms with Crippen LogP contribution in [0.4, 0.5) is 13.6 Å². The molecule has 0 bridgehead atoms. The number of aromatic nitrogens is 3. The van der Waals surface area contributed by atoms with Crippen LogP contribution in [0.25, 0.3) is 5.65 Å². The third-order valence-corrected chi connectivity index (χ3v) is 5.08. The summed E-state index contributed by atoms with van der Waals surface area (Å²) in [5.74, 6) is -3.05. The molecule has 0 aliphatic carbocycles. The zero-order valence-corrected chi connectivity index (χ0v) is 19.0. The molecule has 3 rings (SSSR count). The van der Waals surface area contributed by atoms with Gasteiger partial charge in [0.25, 0.3) is 11.5 Å². The molecule has 0 saturated carbocycles. The van der Waals surface area contributed by atoms with E-state index in [1.807, 2.05) is 20.8 Å². The van der Waals surface area contributed by atoms with E-state index in [1.165, 1.54) is 19.4 Å². The quantitative estimate of drug-likeness (QED) is 0.669. The normalized spacial score (nSPS) is 17.0. The highest BCUT2D eigenvalue weighted by Crippen LogP contribution is 2.30. The first-order chi connectivity index (χ1) is 14.9. The van der Waals surface area contributed by atoms with Gasteiger partial charge in [-0.3, -0.25) is 4.79 Å². The number of carbonyl (C=O) groups is 1. The number of H-pyrrole nitrogens is 1. The van der Waals surface area contributed by atoms with Crippen molar-refractivity contribution in [1.29, 1.82) is 0 Å². The van der Waals surface area contributed by atoms with Gasteiger partial charge >= 0.3 is 6.09 Å². The molecule has 1 aliphatic heterocycles. The molecule has 11 heteroatoms. The number of alkyl halides is 2. The molecular formula is C21H30F2N4O5. The first kappa shape index (κ1) is 24.1. The first-order valence-electron chi connectivity index (χ1n) is 10.5. The second-order valence-corrected chi connectivity index (χ2v) is 9.11. The van der Waals surface area contributed by atoms with E-state index >= 15 is 0 Å². The van der Waals surface area contributed by atoms with Crippen molar-refractivity contribution in [3.63, 3.8) is 0 Å². The Kier molecular flexibility index (Phi) is 6.89. The number of ether oxygens (including phenoxy) is 3. The van der Waals surface area contributed by atoms with Gasteiger partial charge in [-0.15, -0.1) is 0 Å². The standard InChI is InChI=1S/C21H30F2N4O5/c1-20(2,3)32-19(29)26-8-6-13(7-9-26)15-10-16(28)25-17-14(11-24-27(15)17)18(30-5)31-12-21(4,22)23/h10-11,13,18H,6-9,12H2,1-5H3,(H,25,28). The van der Waals surface area contributed by atoms with Crippen LogP contribution in [0, 0.1) is 0 Å². The number of aromatic amines is 1. The zero-order valence-electron chi connectivity index (χ0n) is 19.0. The van der Waals surface area contributed by atoms with Crippen molar-refractivity contribution in [2.45, 2.75) is 64.3 Å². The minimum absolute atomic E-state index is 0.0203. The van der Waals surface area contributed by atoms with Crippen molar-refractivity contribution in [3.8, 4) is 0 Å². The second-order valence-electron chi connectivity index (χ2n) is 9.11. The van der Waals surface area contributed by atoms with Crippen molar-refractivity contribution in [2.24, 2.45) is 0 Å². The maximum absolute atomic E-state index is 13.2. The molecule has 2 aromatic heterocycles. The zero-order chi connectivity index (χ0) is 23.7. The Morgan fingerprint density at radius 1 is 1.28 bits per heavy atom. The van der Waals surface area contributed by atoms with Crippen LogP contribution in [0.2, 0.25) is 0 Å². The third kappa shape index (κ3) is 5.83. The fraction of sp³-hybridized carbons (Fsp3) is 0.667. The molecule has 1 atom stereocenters. The molecule has 1 saturated heterocycles. The summed E-state index contributed by atoms with van der Waals surface area (Å²) in [6, 6.07) is 1.47. The number of methoxy groups -OCH3 is 1. The minimum atomic E-state index is -3.03. The van der Waals surface area contributed by atoms with Gasteiger partial charge in [0.2, 0.25) is 0 Å². The summed E-state index contributed by atoms with van der Waals surface area (Å²) in [6.07, 6.45) is 1.21. The summed E-state index contributed by atoms with van der Waals surface area (Å²) in [6.45, 7) is 6.33. The number of piperidine rings is 1. The van der Waals surface area contributed by atoms with E-state index < -0.39 is 24.4 Å². The van der Waals surface area contributed by atoms with Gasteiger partial charge in [-0.1, -0.05) is 0 Å². The summed E-state index contributed by atoms with van der Waals surface area (Å²) >= 11 is 0. The van der Waals surface area contributed by atoms with Crippen LogP contribution >= 0.6 is 0 Å². The number of hydrogen-bond donors (Lipinski definition) is 1. The lowest BCUT2D eigenvalue weighted by atomic mass is 9.93. The van der Waals surface area contributed by atoms with E-state index in [2.05, 4.69) is 10.1 Å². The molecule has 1 fully saturated rings. The highest BCUT2D eigenvalue weighted by Gasteiger charge is 2.30. The van der Waals surface area contributed by atoms with Gasteiger partial charge < -0.3 is 24.1 Å². The van der Waals surface area contributed by atoms with Crippen molar-refractivity contribution < 1.29 is 27.8 Å². The lowest BCUT2D eigenvalue weighted by molar-refractivity contribution is -0.173. The van der Waals surface area contributed by atoms with Crippen LogP contribution in [0.5, 0.6) is 0 Å². The fourth-order valence-electron chi connectivity index (χ4n) is 3.68. The van der Waals surface area contributed by atoms with Gasteiger partial charge in [0.15, 0.2) is 6.29 Å². The summed E-state index contributed by atoms with van der Waals surface area (Å²) in [4.78, 5) is 29.0. The van der Waals surface area contributed by atoms with Crippen molar-refractivity contribution in [1.82, 2.24) is 19.5 Å². The Bertz CT molecular complexity index is 1000.